The Bertz CT molecular complexity index is 427. The van der Waals surface area contributed by atoms with Gasteiger partial charge in [0.1, 0.15) is 5.82 Å². The predicted molar refractivity (Wildman–Crippen MR) is 76.4 cm³/mol. The molecule has 0 spiro atoms. The summed E-state index contributed by atoms with van der Waals surface area (Å²) in [5.41, 5.74) is 1.06. The molecule has 1 aromatic carbocycles. The van der Waals surface area contributed by atoms with Crippen LogP contribution in [0, 0.1) is 17.7 Å². The molecule has 0 aromatic heterocycles. The van der Waals surface area contributed by atoms with E-state index < -0.39 is 0 Å². The Hall–Kier alpha value is -0.890. The van der Waals surface area contributed by atoms with Gasteiger partial charge in [-0.15, -0.1) is 0 Å². The van der Waals surface area contributed by atoms with Crippen LogP contribution in [0.3, 0.4) is 0 Å². The molecular formula is C17H24FN. The molecule has 1 aromatic rings. The zero-order valence-electron chi connectivity index (χ0n) is 11.7. The highest BCUT2D eigenvalue weighted by molar-refractivity contribution is 5.19. The van der Waals surface area contributed by atoms with E-state index in [9.17, 15) is 4.39 Å². The van der Waals surface area contributed by atoms with E-state index in [1.807, 2.05) is 6.07 Å². The van der Waals surface area contributed by atoms with Crippen molar-refractivity contribution in [3.8, 4) is 0 Å². The summed E-state index contributed by atoms with van der Waals surface area (Å²) in [6.07, 6.45) is 8.30. The van der Waals surface area contributed by atoms with Crippen LogP contribution in [0.4, 0.5) is 4.39 Å². The summed E-state index contributed by atoms with van der Waals surface area (Å²) in [6, 6.07) is 7.86. The fourth-order valence-electron chi connectivity index (χ4n) is 3.60. The molecule has 0 radical (unpaired) electrons. The molecule has 0 amide bonds. The SMILES string of the molecule is CC(NC1CCCC(C2CC2)C1)c1cccc(F)c1. The van der Waals surface area contributed by atoms with E-state index in [2.05, 4.69) is 12.2 Å². The van der Waals surface area contributed by atoms with Crippen molar-refractivity contribution in [3.05, 3.63) is 35.6 Å². The quantitative estimate of drug-likeness (QED) is 0.844. The summed E-state index contributed by atoms with van der Waals surface area (Å²) in [7, 11) is 0. The fraction of sp³-hybridized carbons (Fsp3) is 0.647. The minimum absolute atomic E-state index is 0.134. The van der Waals surface area contributed by atoms with E-state index in [0.29, 0.717) is 6.04 Å². The molecule has 2 aliphatic rings. The van der Waals surface area contributed by atoms with Gasteiger partial charge in [-0.05, 0) is 62.1 Å². The number of benzene rings is 1. The maximum Gasteiger partial charge on any atom is 0.123 e. The van der Waals surface area contributed by atoms with Crippen LogP contribution in [-0.4, -0.2) is 6.04 Å². The number of nitrogens with one attached hydrogen (secondary N) is 1. The van der Waals surface area contributed by atoms with Gasteiger partial charge in [-0.25, -0.2) is 4.39 Å². The molecule has 19 heavy (non-hydrogen) atoms. The standard InChI is InChI=1S/C17H24FN/c1-12(14-4-2-6-16(18)10-14)19-17-7-3-5-15(11-17)13-8-9-13/h2,4,6,10,12-13,15,17,19H,3,5,7-9,11H2,1H3. The number of rotatable bonds is 4. The Labute approximate surface area is 115 Å². The maximum absolute atomic E-state index is 13.3. The summed E-state index contributed by atoms with van der Waals surface area (Å²) in [5, 5.41) is 3.71. The third-order valence-electron chi connectivity index (χ3n) is 4.84. The lowest BCUT2D eigenvalue weighted by molar-refractivity contribution is 0.249. The predicted octanol–water partition coefficient (Wildman–Crippen LogP) is 4.45. The van der Waals surface area contributed by atoms with Crippen LogP contribution in [-0.2, 0) is 0 Å². The lowest BCUT2D eigenvalue weighted by Crippen LogP contribution is -2.36. The first-order valence-corrected chi connectivity index (χ1v) is 7.74. The highest BCUT2D eigenvalue weighted by Gasteiger charge is 2.34. The third kappa shape index (κ3) is 3.36. The molecular weight excluding hydrogens is 237 g/mol. The van der Waals surface area contributed by atoms with Gasteiger partial charge in [-0.1, -0.05) is 25.0 Å². The Morgan fingerprint density at radius 2 is 2.00 bits per heavy atom. The number of halogens is 1. The zero-order chi connectivity index (χ0) is 13.2. The van der Waals surface area contributed by atoms with Gasteiger partial charge in [0.25, 0.3) is 0 Å². The van der Waals surface area contributed by atoms with Gasteiger partial charge in [0, 0.05) is 12.1 Å². The van der Waals surface area contributed by atoms with Crippen molar-refractivity contribution in [1.82, 2.24) is 5.32 Å². The second kappa shape index (κ2) is 5.62. The van der Waals surface area contributed by atoms with E-state index in [0.717, 1.165) is 17.4 Å². The van der Waals surface area contributed by atoms with Crippen LogP contribution in [0.1, 0.15) is 57.1 Å². The topological polar surface area (TPSA) is 12.0 Å². The molecule has 1 N–H and O–H groups in total. The molecule has 0 bridgehead atoms. The molecule has 2 fully saturated rings. The molecule has 0 saturated heterocycles. The molecule has 2 heteroatoms. The zero-order valence-corrected chi connectivity index (χ0v) is 11.7. The van der Waals surface area contributed by atoms with Gasteiger partial charge in [-0.3, -0.25) is 0 Å². The van der Waals surface area contributed by atoms with Gasteiger partial charge in [0.2, 0.25) is 0 Å². The summed E-state index contributed by atoms with van der Waals surface area (Å²) in [6.45, 7) is 2.15. The van der Waals surface area contributed by atoms with E-state index in [4.69, 9.17) is 0 Å². The summed E-state index contributed by atoms with van der Waals surface area (Å²) in [4.78, 5) is 0. The van der Waals surface area contributed by atoms with Crippen LogP contribution in [0.2, 0.25) is 0 Å². The van der Waals surface area contributed by atoms with Gasteiger partial charge in [0.05, 0.1) is 0 Å². The average Bonchev–Trinajstić information content (AvgIpc) is 3.23. The van der Waals surface area contributed by atoms with E-state index in [1.165, 1.54) is 44.6 Å². The van der Waals surface area contributed by atoms with Crippen molar-refractivity contribution in [2.24, 2.45) is 11.8 Å². The van der Waals surface area contributed by atoms with Crippen molar-refractivity contribution in [2.75, 3.05) is 0 Å². The van der Waals surface area contributed by atoms with Gasteiger partial charge < -0.3 is 5.32 Å². The summed E-state index contributed by atoms with van der Waals surface area (Å²) < 4.78 is 13.3. The molecule has 104 valence electrons. The average molecular weight is 261 g/mol. The highest BCUT2D eigenvalue weighted by Crippen LogP contribution is 2.44. The molecule has 2 saturated carbocycles. The molecule has 1 nitrogen and oxygen atoms in total. The molecule has 0 aliphatic heterocycles. The van der Waals surface area contributed by atoms with E-state index in [1.54, 1.807) is 12.1 Å². The van der Waals surface area contributed by atoms with Crippen molar-refractivity contribution in [3.63, 3.8) is 0 Å². The second-order valence-electron chi connectivity index (χ2n) is 6.40. The third-order valence-corrected chi connectivity index (χ3v) is 4.84. The first-order chi connectivity index (χ1) is 9.22. The van der Waals surface area contributed by atoms with E-state index >= 15 is 0 Å². The van der Waals surface area contributed by atoms with Crippen molar-refractivity contribution < 1.29 is 4.39 Å². The lowest BCUT2D eigenvalue weighted by atomic mass is 9.82. The molecule has 0 heterocycles. The summed E-state index contributed by atoms with van der Waals surface area (Å²) >= 11 is 0. The minimum Gasteiger partial charge on any atom is -0.307 e. The lowest BCUT2D eigenvalue weighted by Gasteiger charge is -2.32. The van der Waals surface area contributed by atoms with Crippen molar-refractivity contribution in [2.45, 2.75) is 57.5 Å². The molecule has 3 rings (SSSR count). The second-order valence-corrected chi connectivity index (χ2v) is 6.40. The first-order valence-electron chi connectivity index (χ1n) is 7.74. The number of hydrogen-bond acceptors (Lipinski definition) is 1. The maximum atomic E-state index is 13.3. The summed E-state index contributed by atoms with van der Waals surface area (Å²) in [5.74, 6) is 1.84. The normalized spacial score (nSPS) is 29.2. The van der Waals surface area contributed by atoms with Gasteiger partial charge in [0.15, 0.2) is 0 Å². The molecule has 3 atom stereocenters. The Morgan fingerprint density at radius 1 is 1.16 bits per heavy atom. The van der Waals surface area contributed by atoms with Gasteiger partial charge >= 0.3 is 0 Å². The Kier molecular flexibility index (Phi) is 3.88. The Morgan fingerprint density at radius 3 is 2.74 bits per heavy atom. The van der Waals surface area contributed by atoms with E-state index in [-0.39, 0.29) is 11.9 Å². The van der Waals surface area contributed by atoms with Crippen molar-refractivity contribution >= 4 is 0 Å². The number of hydrogen-bond donors (Lipinski definition) is 1. The highest BCUT2D eigenvalue weighted by atomic mass is 19.1. The van der Waals surface area contributed by atoms with Crippen LogP contribution >= 0.6 is 0 Å². The van der Waals surface area contributed by atoms with Crippen LogP contribution in [0.5, 0.6) is 0 Å². The van der Waals surface area contributed by atoms with Gasteiger partial charge in [-0.2, -0.15) is 0 Å². The first kappa shape index (κ1) is 13.1. The molecule has 2 aliphatic carbocycles. The van der Waals surface area contributed by atoms with Crippen LogP contribution in [0.25, 0.3) is 0 Å². The van der Waals surface area contributed by atoms with Crippen LogP contribution in [0.15, 0.2) is 24.3 Å². The molecule has 3 unspecified atom stereocenters. The minimum atomic E-state index is -0.134. The van der Waals surface area contributed by atoms with Crippen molar-refractivity contribution in [1.29, 1.82) is 0 Å². The van der Waals surface area contributed by atoms with Crippen LogP contribution < -0.4 is 5.32 Å². The fourth-order valence-corrected chi connectivity index (χ4v) is 3.60. The smallest absolute Gasteiger partial charge is 0.123 e. The Balaban J connectivity index is 1.57. The largest absolute Gasteiger partial charge is 0.307 e. The monoisotopic (exact) mass is 261 g/mol.